The number of hydrogen-bond donors (Lipinski definition) is 1. The number of nitrogens with one attached hydrogen (secondary N) is 1. The predicted octanol–water partition coefficient (Wildman–Crippen LogP) is 1.56. The SMILES string of the molecule is O=C1CSC(=O)N1CCNS(=O)(=O)c1ccc(F)cc1Br. The Morgan fingerprint density at radius 2 is 2.10 bits per heavy atom. The number of thioether (sulfide) groups is 1. The molecular weight excluding hydrogens is 387 g/mol. The second-order valence-electron chi connectivity index (χ2n) is 4.07. The molecule has 2 rings (SSSR count). The van der Waals surface area contributed by atoms with Crippen LogP contribution in [0.15, 0.2) is 27.6 Å². The van der Waals surface area contributed by atoms with Crippen molar-refractivity contribution in [2.24, 2.45) is 0 Å². The summed E-state index contributed by atoms with van der Waals surface area (Å²) in [4.78, 5) is 23.6. The van der Waals surface area contributed by atoms with Crippen LogP contribution in [0.3, 0.4) is 0 Å². The minimum atomic E-state index is -3.85. The van der Waals surface area contributed by atoms with Gasteiger partial charge in [0, 0.05) is 17.6 Å². The highest BCUT2D eigenvalue weighted by Crippen LogP contribution is 2.22. The summed E-state index contributed by atoms with van der Waals surface area (Å²) in [6, 6.07) is 3.20. The van der Waals surface area contributed by atoms with Crippen molar-refractivity contribution in [2.75, 3.05) is 18.8 Å². The fourth-order valence-corrected chi connectivity index (χ4v) is 4.48. The Kier molecular flexibility index (Phi) is 5.02. The first-order chi connectivity index (χ1) is 9.81. The molecule has 1 aliphatic heterocycles. The number of nitrogens with zero attached hydrogens (tertiary/aromatic N) is 1. The zero-order valence-electron chi connectivity index (χ0n) is 10.5. The molecule has 2 amide bonds. The Morgan fingerprint density at radius 3 is 2.67 bits per heavy atom. The van der Waals surface area contributed by atoms with Gasteiger partial charge < -0.3 is 0 Å². The van der Waals surface area contributed by atoms with Crippen molar-refractivity contribution in [2.45, 2.75) is 4.90 Å². The lowest BCUT2D eigenvalue weighted by molar-refractivity contribution is -0.124. The summed E-state index contributed by atoms with van der Waals surface area (Å²) in [5.41, 5.74) is 0. The lowest BCUT2D eigenvalue weighted by Gasteiger charge is -2.13. The lowest BCUT2D eigenvalue weighted by Crippen LogP contribution is -2.37. The lowest BCUT2D eigenvalue weighted by atomic mass is 10.3. The normalized spacial score (nSPS) is 15.8. The van der Waals surface area contributed by atoms with E-state index in [2.05, 4.69) is 20.7 Å². The van der Waals surface area contributed by atoms with Crippen LogP contribution in [0.1, 0.15) is 0 Å². The van der Waals surface area contributed by atoms with Gasteiger partial charge in [-0.2, -0.15) is 0 Å². The third-order valence-electron chi connectivity index (χ3n) is 2.65. The van der Waals surface area contributed by atoms with E-state index in [1.54, 1.807) is 0 Å². The van der Waals surface area contributed by atoms with Crippen molar-refractivity contribution >= 4 is 48.9 Å². The average molecular weight is 397 g/mol. The molecule has 1 aromatic rings. The quantitative estimate of drug-likeness (QED) is 0.816. The maximum Gasteiger partial charge on any atom is 0.288 e. The Balaban J connectivity index is 2.02. The van der Waals surface area contributed by atoms with Crippen LogP contribution >= 0.6 is 27.7 Å². The molecule has 0 radical (unpaired) electrons. The summed E-state index contributed by atoms with van der Waals surface area (Å²) in [7, 11) is -3.85. The first-order valence-corrected chi connectivity index (χ1v) is 8.99. The number of benzene rings is 1. The van der Waals surface area contributed by atoms with Crippen molar-refractivity contribution in [1.82, 2.24) is 9.62 Å². The maximum atomic E-state index is 12.9. The number of rotatable bonds is 5. The molecular formula is C11H10BrFN2O4S2. The van der Waals surface area contributed by atoms with Crippen molar-refractivity contribution < 1.29 is 22.4 Å². The van der Waals surface area contributed by atoms with Gasteiger partial charge in [-0.1, -0.05) is 11.8 Å². The number of hydrogen-bond acceptors (Lipinski definition) is 5. The van der Waals surface area contributed by atoms with E-state index in [-0.39, 0.29) is 39.4 Å². The summed E-state index contributed by atoms with van der Waals surface area (Å²) in [6.07, 6.45) is 0. The van der Waals surface area contributed by atoms with E-state index < -0.39 is 15.8 Å². The average Bonchev–Trinajstić information content (AvgIpc) is 2.69. The fraction of sp³-hybridized carbons (Fsp3) is 0.273. The molecule has 0 bridgehead atoms. The largest absolute Gasteiger partial charge is 0.288 e. The van der Waals surface area contributed by atoms with Gasteiger partial charge in [0.2, 0.25) is 15.9 Å². The standard InChI is InChI=1S/C11H10BrFN2O4S2/c12-8-5-7(13)1-2-9(8)21(18,19)14-3-4-15-10(16)6-20-11(15)17/h1-2,5,14H,3-4,6H2. The number of carbonyl (C=O) groups is 2. The van der Waals surface area contributed by atoms with E-state index in [0.29, 0.717) is 0 Å². The molecule has 114 valence electrons. The number of amides is 2. The number of halogens is 2. The smallest absolute Gasteiger partial charge is 0.273 e. The minimum absolute atomic E-state index is 0.0390. The molecule has 1 fully saturated rings. The molecule has 1 aliphatic rings. The van der Waals surface area contributed by atoms with Crippen LogP contribution in [0.2, 0.25) is 0 Å². The molecule has 0 atom stereocenters. The molecule has 0 saturated carbocycles. The van der Waals surface area contributed by atoms with Gasteiger partial charge >= 0.3 is 0 Å². The van der Waals surface area contributed by atoms with E-state index in [1.807, 2.05) is 0 Å². The molecule has 0 spiro atoms. The molecule has 10 heteroatoms. The van der Waals surface area contributed by atoms with Gasteiger partial charge in [0.15, 0.2) is 0 Å². The fourth-order valence-electron chi connectivity index (χ4n) is 1.66. The van der Waals surface area contributed by atoms with E-state index in [1.165, 1.54) is 0 Å². The van der Waals surface area contributed by atoms with Gasteiger partial charge in [-0.3, -0.25) is 14.5 Å². The molecule has 1 N–H and O–H groups in total. The molecule has 0 aliphatic carbocycles. The predicted molar refractivity (Wildman–Crippen MR) is 78.9 cm³/mol. The van der Waals surface area contributed by atoms with Crippen LogP contribution in [0, 0.1) is 5.82 Å². The van der Waals surface area contributed by atoms with Crippen molar-refractivity contribution in [3.8, 4) is 0 Å². The van der Waals surface area contributed by atoms with E-state index in [9.17, 15) is 22.4 Å². The molecule has 1 saturated heterocycles. The third kappa shape index (κ3) is 3.82. The van der Waals surface area contributed by atoms with Gasteiger partial charge in [-0.15, -0.1) is 0 Å². The number of imide groups is 1. The Labute approximate surface area is 133 Å². The Bertz CT molecular complexity index is 679. The summed E-state index contributed by atoms with van der Waals surface area (Å²) in [5, 5.41) is -0.387. The first-order valence-electron chi connectivity index (χ1n) is 5.73. The van der Waals surface area contributed by atoms with Crippen molar-refractivity contribution in [1.29, 1.82) is 0 Å². The molecule has 21 heavy (non-hydrogen) atoms. The second-order valence-corrected chi connectivity index (χ2v) is 7.59. The van der Waals surface area contributed by atoms with Crippen LogP contribution in [0.4, 0.5) is 9.18 Å². The van der Waals surface area contributed by atoms with Crippen LogP contribution in [-0.2, 0) is 14.8 Å². The zero-order valence-corrected chi connectivity index (χ0v) is 13.7. The topological polar surface area (TPSA) is 83.6 Å². The van der Waals surface area contributed by atoms with Crippen LogP contribution in [0.5, 0.6) is 0 Å². The van der Waals surface area contributed by atoms with Gasteiger partial charge in [0.05, 0.1) is 10.6 Å². The molecule has 0 unspecified atom stereocenters. The van der Waals surface area contributed by atoms with Crippen molar-refractivity contribution in [3.05, 3.63) is 28.5 Å². The second kappa shape index (κ2) is 6.42. The highest BCUT2D eigenvalue weighted by atomic mass is 79.9. The summed E-state index contributed by atoms with van der Waals surface area (Å²) < 4.78 is 39.4. The van der Waals surface area contributed by atoms with E-state index in [4.69, 9.17) is 0 Å². The highest BCUT2D eigenvalue weighted by Gasteiger charge is 2.29. The van der Waals surface area contributed by atoms with Crippen molar-refractivity contribution in [3.63, 3.8) is 0 Å². The molecule has 1 aromatic carbocycles. The summed E-state index contributed by atoms with van der Waals surface area (Å²) in [6.45, 7) is -0.146. The number of carbonyl (C=O) groups excluding carboxylic acids is 2. The highest BCUT2D eigenvalue weighted by molar-refractivity contribution is 9.10. The molecule has 6 nitrogen and oxygen atoms in total. The van der Waals surface area contributed by atoms with Gasteiger partial charge in [-0.05, 0) is 34.1 Å². The van der Waals surface area contributed by atoms with Crippen LogP contribution < -0.4 is 4.72 Å². The van der Waals surface area contributed by atoms with Gasteiger partial charge in [0.1, 0.15) is 5.82 Å². The maximum absolute atomic E-state index is 12.9. The van der Waals surface area contributed by atoms with E-state index in [0.717, 1.165) is 34.9 Å². The van der Waals surface area contributed by atoms with Crippen LogP contribution in [-0.4, -0.2) is 43.3 Å². The zero-order chi connectivity index (χ0) is 15.6. The van der Waals surface area contributed by atoms with Crippen LogP contribution in [0.25, 0.3) is 0 Å². The number of sulfonamides is 1. The summed E-state index contributed by atoms with van der Waals surface area (Å²) in [5.74, 6) is -0.826. The minimum Gasteiger partial charge on any atom is -0.273 e. The Morgan fingerprint density at radius 1 is 1.38 bits per heavy atom. The van der Waals surface area contributed by atoms with Gasteiger partial charge in [0.25, 0.3) is 5.24 Å². The third-order valence-corrected chi connectivity index (χ3v) is 5.95. The molecule has 0 aromatic heterocycles. The molecule has 1 heterocycles. The Hall–Kier alpha value is -0.970. The van der Waals surface area contributed by atoms with E-state index >= 15 is 0 Å². The summed E-state index contributed by atoms with van der Waals surface area (Å²) >= 11 is 3.86. The monoisotopic (exact) mass is 396 g/mol. The first kappa shape index (κ1) is 16.4. The van der Waals surface area contributed by atoms with Gasteiger partial charge in [-0.25, -0.2) is 17.5 Å².